The lowest BCUT2D eigenvalue weighted by Gasteiger charge is -2.13. The molecule has 76 valence electrons. The zero-order valence-electron chi connectivity index (χ0n) is 7.82. The van der Waals surface area contributed by atoms with Crippen LogP contribution in [0.4, 0.5) is 11.4 Å². The molecule has 0 aliphatic heterocycles. The predicted molar refractivity (Wildman–Crippen MR) is 63.1 cm³/mol. The van der Waals surface area contributed by atoms with Crippen molar-refractivity contribution >= 4 is 34.0 Å². The Morgan fingerprint density at radius 1 is 1.50 bits per heavy atom. The molecular weight excluding hydrogens is 297 g/mol. The fraction of sp³-hybridized carbons (Fsp3) is 0.250. The number of nitro benzene ring substituents is 1. The molecule has 1 aromatic rings. The molecular formula is C8H10IN3O2. The van der Waals surface area contributed by atoms with Gasteiger partial charge in [0.1, 0.15) is 5.69 Å². The Kier molecular flexibility index (Phi) is 3.64. The van der Waals surface area contributed by atoms with Gasteiger partial charge >= 0.3 is 0 Å². The molecule has 0 spiro atoms. The Bertz CT molecular complexity index is 354. The molecule has 0 fully saturated rings. The second-order valence-electron chi connectivity index (χ2n) is 2.92. The SMILES string of the molecule is CN(C)Nc1ccc(I)cc1[N+](=O)[O-]. The molecule has 0 heterocycles. The van der Waals surface area contributed by atoms with Crippen LogP contribution in [0.5, 0.6) is 0 Å². The lowest BCUT2D eigenvalue weighted by Crippen LogP contribution is -2.20. The van der Waals surface area contributed by atoms with E-state index in [0.29, 0.717) is 5.69 Å². The summed E-state index contributed by atoms with van der Waals surface area (Å²) in [6.45, 7) is 0. The maximum atomic E-state index is 10.7. The summed E-state index contributed by atoms with van der Waals surface area (Å²) in [4.78, 5) is 10.3. The summed E-state index contributed by atoms with van der Waals surface area (Å²) >= 11 is 2.04. The van der Waals surface area contributed by atoms with Crippen LogP contribution in [0.1, 0.15) is 0 Å². The van der Waals surface area contributed by atoms with Crippen molar-refractivity contribution in [2.45, 2.75) is 0 Å². The van der Waals surface area contributed by atoms with Crippen LogP contribution in [0.3, 0.4) is 0 Å². The molecule has 1 N–H and O–H groups in total. The molecule has 5 nitrogen and oxygen atoms in total. The van der Waals surface area contributed by atoms with Gasteiger partial charge < -0.3 is 5.43 Å². The molecule has 0 saturated heterocycles. The van der Waals surface area contributed by atoms with E-state index >= 15 is 0 Å². The highest BCUT2D eigenvalue weighted by molar-refractivity contribution is 14.1. The Labute approximate surface area is 95.4 Å². The van der Waals surface area contributed by atoms with Crippen LogP contribution in [0.25, 0.3) is 0 Å². The van der Waals surface area contributed by atoms with Crippen molar-refractivity contribution in [3.63, 3.8) is 0 Å². The van der Waals surface area contributed by atoms with Gasteiger partial charge in [0, 0.05) is 23.7 Å². The summed E-state index contributed by atoms with van der Waals surface area (Å²) in [5.41, 5.74) is 3.46. The van der Waals surface area contributed by atoms with Crippen molar-refractivity contribution in [3.05, 3.63) is 31.9 Å². The van der Waals surface area contributed by atoms with Crippen LogP contribution in [0, 0.1) is 13.7 Å². The van der Waals surface area contributed by atoms with E-state index in [9.17, 15) is 10.1 Å². The van der Waals surface area contributed by atoms with Gasteiger partial charge in [0.25, 0.3) is 5.69 Å². The van der Waals surface area contributed by atoms with E-state index in [1.165, 1.54) is 6.07 Å². The Balaban J connectivity index is 3.08. The van der Waals surface area contributed by atoms with Crippen molar-refractivity contribution in [1.29, 1.82) is 0 Å². The van der Waals surface area contributed by atoms with Gasteiger partial charge in [-0.25, -0.2) is 5.01 Å². The molecule has 6 heteroatoms. The van der Waals surface area contributed by atoms with Gasteiger partial charge in [0.2, 0.25) is 0 Å². The van der Waals surface area contributed by atoms with Crippen molar-refractivity contribution in [2.75, 3.05) is 19.5 Å². The second-order valence-corrected chi connectivity index (χ2v) is 4.17. The molecule has 0 radical (unpaired) electrons. The van der Waals surface area contributed by atoms with Gasteiger partial charge in [-0.3, -0.25) is 10.1 Å². The van der Waals surface area contributed by atoms with Gasteiger partial charge in [-0.15, -0.1) is 0 Å². The van der Waals surface area contributed by atoms with Crippen LogP contribution in [-0.4, -0.2) is 24.0 Å². The van der Waals surface area contributed by atoms with Crippen molar-refractivity contribution in [3.8, 4) is 0 Å². The third kappa shape index (κ3) is 2.81. The molecule has 0 unspecified atom stereocenters. The maximum Gasteiger partial charge on any atom is 0.294 e. The third-order valence-electron chi connectivity index (χ3n) is 1.50. The summed E-state index contributed by atoms with van der Waals surface area (Å²) in [5, 5.41) is 12.4. The number of hydrazine groups is 1. The Morgan fingerprint density at radius 2 is 2.14 bits per heavy atom. The average molecular weight is 307 g/mol. The molecule has 14 heavy (non-hydrogen) atoms. The molecule has 0 aliphatic carbocycles. The smallest absolute Gasteiger partial charge is 0.294 e. The van der Waals surface area contributed by atoms with Crippen LogP contribution in [0.2, 0.25) is 0 Å². The first-order valence-corrected chi connectivity index (χ1v) is 4.96. The van der Waals surface area contributed by atoms with Gasteiger partial charge in [-0.1, -0.05) is 0 Å². The van der Waals surface area contributed by atoms with Gasteiger partial charge in [-0.05, 0) is 34.7 Å². The quantitative estimate of drug-likeness (QED) is 0.528. The fourth-order valence-corrected chi connectivity index (χ4v) is 1.47. The molecule has 0 saturated carbocycles. The van der Waals surface area contributed by atoms with E-state index in [1.807, 2.05) is 28.7 Å². The van der Waals surface area contributed by atoms with Crippen LogP contribution >= 0.6 is 22.6 Å². The number of nitro groups is 1. The van der Waals surface area contributed by atoms with Crippen molar-refractivity contribution < 1.29 is 4.92 Å². The minimum absolute atomic E-state index is 0.0885. The number of anilines is 1. The third-order valence-corrected chi connectivity index (χ3v) is 2.17. The average Bonchev–Trinajstić information content (AvgIpc) is 2.07. The minimum Gasteiger partial charge on any atom is -0.313 e. The van der Waals surface area contributed by atoms with Crippen LogP contribution < -0.4 is 5.43 Å². The van der Waals surface area contributed by atoms with E-state index in [-0.39, 0.29) is 5.69 Å². The number of nitrogens with one attached hydrogen (secondary N) is 1. The molecule has 0 bridgehead atoms. The van der Waals surface area contributed by atoms with Gasteiger partial charge in [-0.2, -0.15) is 0 Å². The molecule has 1 aromatic carbocycles. The summed E-state index contributed by atoms with van der Waals surface area (Å²) in [6, 6.07) is 5.05. The summed E-state index contributed by atoms with van der Waals surface area (Å²) in [5.74, 6) is 0. The molecule has 0 atom stereocenters. The predicted octanol–water partition coefficient (Wildman–Crippen LogP) is 2.09. The second kappa shape index (κ2) is 4.56. The number of halogens is 1. The molecule has 0 amide bonds. The van der Waals surface area contributed by atoms with Crippen molar-refractivity contribution in [2.24, 2.45) is 0 Å². The minimum atomic E-state index is -0.395. The number of nitrogens with zero attached hydrogens (tertiary/aromatic N) is 2. The summed E-state index contributed by atoms with van der Waals surface area (Å²) < 4.78 is 0.846. The summed E-state index contributed by atoms with van der Waals surface area (Å²) in [7, 11) is 3.56. The molecule has 0 aromatic heterocycles. The number of hydrogen-bond acceptors (Lipinski definition) is 4. The Hall–Kier alpha value is -0.890. The van der Waals surface area contributed by atoms with Crippen LogP contribution in [0.15, 0.2) is 18.2 Å². The zero-order valence-corrected chi connectivity index (χ0v) is 9.98. The highest BCUT2D eigenvalue weighted by Crippen LogP contribution is 2.26. The standard InChI is InChI=1S/C8H10IN3O2/c1-11(2)10-7-4-3-6(9)5-8(7)12(13)14/h3-5,10H,1-2H3. The van der Waals surface area contributed by atoms with Gasteiger partial charge in [0.15, 0.2) is 0 Å². The first-order valence-electron chi connectivity index (χ1n) is 3.88. The molecule has 0 aliphatic rings. The van der Waals surface area contributed by atoms with Crippen LogP contribution in [-0.2, 0) is 0 Å². The lowest BCUT2D eigenvalue weighted by molar-refractivity contribution is -0.384. The number of rotatable bonds is 3. The Morgan fingerprint density at radius 3 is 2.64 bits per heavy atom. The van der Waals surface area contributed by atoms with E-state index in [2.05, 4.69) is 5.43 Å². The first kappa shape index (κ1) is 11.2. The van der Waals surface area contributed by atoms with E-state index in [1.54, 1.807) is 25.2 Å². The fourth-order valence-electron chi connectivity index (χ4n) is 0.991. The normalized spacial score (nSPS) is 10.3. The lowest BCUT2D eigenvalue weighted by atomic mass is 10.3. The maximum absolute atomic E-state index is 10.7. The highest BCUT2D eigenvalue weighted by Gasteiger charge is 2.13. The topological polar surface area (TPSA) is 58.4 Å². The largest absolute Gasteiger partial charge is 0.313 e. The first-order chi connectivity index (χ1) is 6.50. The molecule has 1 rings (SSSR count). The number of benzene rings is 1. The van der Waals surface area contributed by atoms with E-state index in [4.69, 9.17) is 0 Å². The van der Waals surface area contributed by atoms with Crippen molar-refractivity contribution in [1.82, 2.24) is 5.01 Å². The van der Waals surface area contributed by atoms with E-state index in [0.717, 1.165) is 3.57 Å². The summed E-state index contributed by atoms with van der Waals surface area (Å²) in [6.07, 6.45) is 0. The van der Waals surface area contributed by atoms with Gasteiger partial charge in [0.05, 0.1) is 4.92 Å². The van der Waals surface area contributed by atoms with E-state index < -0.39 is 4.92 Å². The highest BCUT2D eigenvalue weighted by atomic mass is 127. The zero-order chi connectivity index (χ0) is 10.7. The number of hydrogen-bond donors (Lipinski definition) is 1. The monoisotopic (exact) mass is 307 g/mol.